The minimum atomic E-state index is -4.43. The predicted molar refractivity (Wildman–Crippen MR) is 97.8 cm³/mol. The lowest BCUT2D eigenvalue weighted by atomic mass is 10.1. The van der Waals surface area contributed by atoms with Crippen LogP contribution < -0.4 is 10.0 Å². The number of carbonyl (C=O) groups is 1. The molecule has 0 fully saturated rings. The van der Waals surface area contributed by atoms with Crippen LogP contribution >= 0.6 is 0 Å². The topological polar surface area (TPSA) is 75.3 Å². The van der Waals surface area contributed by atoms with E-state index in [9.17, 15) is 26.4 Å². The summed E-state index contributed by atoms with van der Waals surface area (Å²) < 4.78 is 63.9. The number of nitrogens with one attached hydrogen (secondary N) is 2. The average Bonchev–Trinajstić information content (AvgIpc) is 2.66. The van der Waals surface area contributed by atoms with E-state index in [-0.39, 0.29) is 17.0 Å². The van der Waals surface area contributed by atoms with Gasteiger partial charge in [-0.1, -0.05) is 18.1 Å². The van der Waals surface area contributed by atoms with Gasteiger partial charge in [-0.3, -0.25) is 4.79 Å². The highest BCUT2D eigenvalue weighted by molar-refractivity contribution is 7.89. The Balaban J connectivity index is 2.07. The van der Waals surface area contributed by atoms with Crippen LogP contribution in [0.1, 0.15) is 34.5 Å². The van der Waals surface area contributed by atoms with E-state index in [1.54, 1.807) is 6.92 Å². The summed E-state index contributed by atoms with van der Waals surface area (Å²) in [6.45, 7) is 1.47. The molecule has 0 aliphatic carbocycles. The predicted octanol–water partition coefficient (Wildman–Crippen LogP) is 3.11. The molecule has 9 heteroatoms. The zero-order valence-electron chi connectivity index (χ0n) is 14.7. The summed E-state index contributed by atoms with van der Waals surface area (Å²) in [7, 11) is -3.76. The Bertz CT molecular complexity index is 977. The van der Waals surface area contributed by atoms with Crippen LogP contribution in [-0.2, 0) is 16.2 Å². The van der Waals surface area contributed by atoms with Gasteiger partial charge in [0.15, 0.2) is 0 Å². The van der Waals surface area contributed by atoms with Gasteiger partial charge in [0, 0.05) is 5.56 Å². The van der Waals surface area contributed by atoms with Crippen molar-refractivity contribution in [2.24, 2.45) is 0 Å². The molecule has 0 saturated heterocycles. The quantitative estimate of drug-likeness (QED) is 0.719. The summed E-state index contributed by atoms with van der Waals surface area (Å²) in [5.41, 5.74) is -0.0706. The summed E-state index contributed by atoms with van der Waals surface area (Å²) in [6.07, 6.45) is 0.587. The minimum absolute atomic E-state index is 0.0462. The van der Waals surface area contributed by atoms with Crippen LogP contribution in [0, 0.1) is 12.3 Å². The Morgan fingerprint density at radius 1 is 1.11 bits per heavy atom. The molecule has 1 atom stereocenters. The zero-order valence-corrected chi connectivity index (χ0v) is 15.6. The van der Waals surface area contributed by atoms with E-state index in [1.807, 2.05) is 0 Å². The van der Waals surface area contributed by atoms with Crippen molar-refractivity contribution >= 4 is 15.9 Å². The first kappa shape index (κ1) is 21.5. The van der Waals surface area contributed by atoms with E-state index in [0.29, 0.717) is 5.56 Å². The van der Waals surface area contributed by atoms with Gasteiger partial charge >= 0.3 is 6.18 Å². The number of alkyl halides is 3. The molecule has 0 spiro atoms. The van der Waals surface area contributed by atoms with Crippen LogP contribution in [0.4, 0.5) is 13.2 Å². The maximum Gasteiger partial charge on any atom is 0.416 e. The first-order chi connectivity index (χ1) is 13.0. The van der Waals surface area contributed by atoms with E-state index in [0.717, 1.165) is 12.1 Å². The Morgan fingerprint density at radius 2 is 1.68 bits per heavy atom. The molecule has 1 unspecified atom stereocenters. The lowest BCUT2D eigenvalue weighted by Gasteiger charge is -2.16. The third kappa shape index (κ3) is 5.34. The van der Waals surface area contributed by atoms with Crippen molar-refractivity contribution in [2.45, 2.75) is 24.0 Å². The second-order valence-corrected chi connectivity index (χ2v) is 7.63. The van der Waals surface area contributed by atoms with Crippen LogP contribution in [0.2, 0.25) is 0 Å². The SMILES string of the molecule is C#CCNS(=O)(=O)c1ccc(C(=O)NC(C)c2ccc(C(F)(F)F)cc2)cc1. The lowest BCUT2D eigenvalue weighted by Crippen LogP contribution is -2.27. The number of benzene rings is 2. The molecule has 2 aromatic rings. The molecular formula is C19H17F3N2O3S. The molecule has 148 valence electrons. The average molecular weight is 410 g/mol. The number of hydrogen-bond donors (Lipinski definition) is 2. The molecule has 0 aromatic heterocycles. The Labute approximate surface area is 161 Å². The molecule has 0 bridgehead atoms. The standard InChI is InChI=1S/C19H17F3N2O3S/c1-3-12-23-28(26,27)17-10-6-15(7-11-17)18(25)24-13(2)14-4-8-16(9-5-14)19(20,21)22/h1,4-11,13,23H,12H2,2H3,(H,24,25). The maximum absolute atomic E-state index is 12.6. The van der Waals surface area contributed by atoms with Gasteiger partial charge in [-0.15, -0.1) is 6.42 Å². The van der Waals surface area contributed by atoms with Crippen molar-refractivity contribution in [3.05, 3.63) is 65.2 Å². The highest BCUT2D eigenvalue weighted by Gasteiger charge is 2.30. The number of terminal acetylenes is 1. The van der Waals surface area contributed by atoms with E-state index in [2.05, 4.69) is 16.0 Å². The van der Waals surface area contributed by atoms with E-state index in [1.165, 1.54) is 36.4 Å². The Hall–Kier alpha value is -2.83. The monoisotopic (exact) mass is 410 g/mol. The minimum Gasteiger partial charge on any atom is -0.346 e. The van der Waals surface area contributed by atoms with Crippen molar-refractivity contribution in [3.63, 3.8) is 0 Å². The number of carbonyl (C=O) groups excluding carboxylic acids is 1. The van der Waals surface area contributed by atoms with Crippen LogP contribution in [0.5, 0.6) is 0 Å². The lowest BCUT2D eigenvalue weighted by molar-refractivity contribution is -0.137. The molecular weight excluding hydrogens is 393 g/mol. The number of sulfonamides is 1. The molecule has 2 N–H and O–H groups in total. The van der Waals surface area contributed by atoms with Crippen molar-refractivity contribution in [1.82, 2.24) is 10.0 Å². The van der Waals surface area contributed by atoms with E-state index in [4.69, 9.17) is 6.42 Å². The summed E-state index contributed by atoms with van der Waals surface area (Å²) >= 11 is 0. The molecule has 5 nitrogen and oxygen atoms in total. The van der Waals surface area contributed by atoms with Crippen molar-refractivity contribution < 1.29 is 26.4 Å². The van der Waals surface area contributed by atoms with Crippen molar-refractivity contribution in [3.8, 4) is 12.3 Å². The van der Waals surface area contributed by atoms with E-state index >= 15 is 0 Å². The summed E-state index contributed by atoms with van der Waals surface area (Å²) in [5.74, 6) is 1.66. The zero-order chi connectivity index (χ0) is 20.9. The molecule has 1 amide bonds. The largest absolute Gasteiger partial charge is 0.416 e. The summed E-state index contributed by atoms with van der Waals surface area (Å²) in [5, 5.41) is 2.65. The number of rotatable bonds is 6. The molecule has 0 heterocycles. The van der Waals surface area contributed by atoms with Gasteiger partial charge in [-0.25, -0.2) is 8.42 Å². The van der Waals surface area contributed by atoms with Crippen LogP contribution in [-0.4, -0.2) is 20.9 Å². The molecule has 2 rings (SSSR count). The van der Waals surface area contributed by atoms with Gasteiger partial charge in [0.1, 0.15) is 0 Å². The fourth-order valence-corrected chi connectivity index (χ4v) is 3.26. The maximum atomic E-state index is 12.6. The highest BCUT2D eigenvalue weighted by Crippen LogP contribution is 2.29. The fraction of sp³-hybridized carbons (Fsp3) is 0.211. The molecule has 0 aliphatic heterocycles. The van der Waals surface area contributed by atoms with Crippen LogP contribution in [0.25, 0.3) is 0 Å². The molecule has 0 saturated carbocycles. The molecule has 0 aliphatic rings. The first-order valence-corrected chi connectivity index (χ1v) is 9.54. The fourth-order valence-electron chi connectivity index (χ4n) is 2.33. The van der Waals surface area contributed by atoms with Crippen molar-refractivity contribution in [2.75, 3.05) is 6.54 Å². The second-order valence-electron chi connectivity index (χ2n) is 5.87. The van der Waals surface area contributed by atoms with Gasteiger partial charge < -0.3 is 5.32 Å². The second kappa shape index (κ2) is 8.46. The van der Waals surface area contributed by atoms with Crippen molar-refractivity contribution in [1.29, 1.82) is 0 Å². The third-order valence-corrected chi connectivity index (χ3v) is 5.29. The van der Waals surface area contributed by atoms with Gasteiger partial charge in [-0.2, -0.15) is 17.9 Å². The van der Waals surface area contributed by atoms with Crippen LogP contribution in [0.15, 0.2) is 53.4 Å². The Kier molecular flexibility index (Phi) is 6.48. The third-order valence-electron chi connectivity index (χ3n) is 3.88. The summed E-state index contributed by atoms with van der Waals surface area (Å²) in [6, 6.07) is 9.12. The van der Waals surface area contributed by atoms with Gasteiger partial charge in [-0.05, 0) is 48.9 Å². The summed E-state index contributed by atoms with van der Waals surface area (Å²) in [4.78, 5) is 12.3. The highest BCUT2D eigenvalue weighted by atomic mass is 32.2. The normalized spacial score (nSPS) is 12.8. The van der Waals surface area contributed by atoms with E-state index < -0.39 is 33.7 Å². The Morgan fingerprint density at radius 3 is 2.18 bits per heavy atom. The smallest absolute Gasteiger partial charge is 0.346 e. The molecule has 0 radical (unpaired) electrons. The number of halogens is 3. The molecule has 28 heavy (non-hydrogen) atoms. The van der Waals surface area contributed by atoms with Gasteiger partial charge in [0.25, 0.3) is 5.91 Å². The van der Waals surface area contributed by atoms with Gasteiger partial charge in [0.2, 0.25) is 10.0 Å². The first-order valence-electron chi connectivity index (χ1n) is 8.06. The molecule has 2 aromatic carbocycles. The van der Waals surface area contributed by atoms with Crippen LogP contribution in [0.3, 0.4) is 0 Å². The van der Waals surface area contributed by atoms with Gasteiger partial charge in [0.05, 0.1) is 23.0 Å². The number of hydrogen-bond acceptors (Lipinski definition) is 3. The number of amides is 1.